The van der Waals surface area contributed by atoms with Gasteiger partial charge in [0.2, 0.25) is 0 Å². The largest absolute Gasteiger partial charge is 1.00 e. The van der Waals surface area contributed by atoms with Gasteiger partial charge in [-0.1, -0.05) is 66.7 Å². The van der Waals surface area contributed by atoms with Crippen LogP contribution in [-0.4, -0.2) is 0 Å². The molecule has 0 radical (unpaired) electrons. The van der Waals surface area contributed by atoms with Crippen molar-refractivity contribution in [2.45, 2.75) is 13.1 Å². The van der Waals surface area contributed by atoms with E-state index < -0.39 is 7.26 Å². The van der Waals surface area contributed by atoms with Crippen LogP contribution in [0, 0.1) is 18.3 Å². The van der Waals surface area contributed by atoms with Crippen LogP contribution in [0.3, 0.4) is 0 Å². The zero-order valence-electron chi connectivity index (χ0n) is 16.9. The van der Waals surface area contributed by atoms with Crippen LogP contribution >= 0.6 is 7.26 Å². The van der Waals surface area contributed by atoms with E-state index in [-0.39, 0.29) is 12.4 Å². The van der Waals surface area contributed by atoms with Crippen LogP contribution in [-0.2, 0) is 6.16 Å². The van der Waals surface area contributed by atoms with Gasteiger partial charge in [0.1, 0.15) is 23.2 Å². The molecule has 0 heterocycles. The molecule has 0 atom stereocenters. The maximum atomic E-state index is 9.33. The molecule has 0 spiro atoms. The molecule has 0 aliphatic carbocycles. The first-order valence-corrected chi connectivity index (χ1v) is 11.8. The number of nitrogens with zero attached hydrogens (tertiary/aromatic N) is 1. The van der Waals surface area contributed by atoms with E-state index in [1.54, 1.807) is 0 Å². The maximum absolute atomic E-state index is 9.33. The fourth-order valence-corrected chi connectivity index (χ4v) is 8.22. The standard InChI is InChI=1S/C27H23NP.ClH/c1-22-19-23(17-18-24(22)20-28)21-29(25-11-5-2-6-12-25,26-13-7-3-8-14-26)27-15-9-4-10-16-27;/h2-19H,21H2,1H3;1H/q+1;/p-1. The fraction of sp³-hybridized carbons (Fsp3) is 0.0741. The summed E-state index contributed by atoms with van der Waals surface area (Å²) >= 11 is 0. The lowest BCUT2D eigenvalue weighted by molar-refractivity contribution is -0.00000595. The molecule has 3 heteroatoms. The van der Waals surface area contributed by atoms with Gasteiger partial charge in [-0.25, -0.2) is 0 Å². The van der Waals surface area contributed by atoms with Crippen LogP contribution in [0.1, 0.15) is 16.7 Å². The zero-order chi connectivity index (χ0) is 20.1. The van der Waals surface area contributed by atoms with Gasteiger partial charge in [0.15, 0.2) is 0 Å². The summed E-state index contributed by atoms with van der Waals surface area (Å²) in [5.74, 6) is 0. The molecule has 0 saturated heterocycles. The Morgan fingerprint density at radius 1 is 0.667 bits per heavy atom. The minimum atomic E-state index is -1.90. The third-order valence-electron chi connectivity index (χ3n) is 5.42. The number of halogens is 1. The van der Waals surface area contributed by atoms with Gasteiger partial charge in [0.05, 0.1) is 17.8 Å². The third-order valence-corrected chi connectivity index (χ3v) is 9.80. The molecule has 30 heavy (non-hydrogen) atoms. The molecule has 0 N–H and O–H groups in total. The van der Waals surface area contributed by atoms with E-state index >= 15 is 0 Å². The summed E-state index contributed by atoms with van der Waals surface area (Å²) in [5.41, 5.74) is 3.06. The lowest BCUT2D eigenvalue weighted by Gasteiger charge is -2.28. The molecule has 0 aliphatic heterocycles. The average Bonchev–Trinajstić information content (AvgIpc) is 2.79. The maximum Gasteiger partial charge on any atom is 0.116 e. The van der Waals surface area contributed by atoms with Gasteiger partial charge in [0.25, 0.3) is 0 Å². The highest BCUT2D eigenvalue weighted by molar-refractivity contribution is 7.95. The van der Waals surface area contributed by atoms with Gasteiger partial charge < -0.3 is 12.4 Å². The normalized spacial score (nSPS) is 10.7. The van der Waals surface area contributed by atoms with Gasteiger partial charge >= 0.3 is 0 Å². The first-order chi connectivity index (χ1) is 14.2. The van der Waals surface area contributed by atoms with Crippen molar-refractivity contribution in [3.63, 3.8) is 0 Å². The van der Waals surface area contributed by atoms with Crippen molar-refractivity contribution < 1.29 is 12.4 Å². The molecule has 0 unspecified atom stereocenters. The Labute approximate surface area is 185 Å². The topological polar surface area (TPSA) is 23.8 Å². The number of rotatable bonds is 5. The van der Waals surface area contributed by atoms with Crippen molar-refractivity contribution in [2.75, 3.05) is 0 Å². The predicted octanol–water partition coefficient (Wildman–Crippen LogP) is 2.36. The summed E-state index contributed by atoms with van der Waals surface area (Å²) in [5, 5.41) is 13.5. The Morgan fingerprint density at radius 2 is 1.10 bits per heavy atom. The molecule has 0 amide bonds. The average molecular weight is 428 g/mol. The third kappa shape index (κ3) is 4.17. The Kier molecular flexibility index (Phi) is 7.07. The first-order valence-electron chi connectivity index (χ1n) is 9.78. The monoisotopic (exact) mass is 427 g/mol. The number of hydrogen-bond donors (Lipinski definition) is 0. The van der Waals surface area contributed by atoms with Gasteiger partial charge in [-0.3, -0.25) is 0 Å². The first kappa shape index (κ1) is 21.8. The Morgan fingerprint density at radius 3 is 1.47 bits per heavy atom. The number of benzene rings is 4. The molecular formula is C27H23ClNP. The predicted molar refractivity (Wildman–Crippen MR) is 125 cm³/mol. The van der Waals surface area contributed by atoms with E-state index in [0.29, 0.717) is 0 Å². The Hall–Kier alpha value is -2.91. The summed E-state index contributed by atoms with van der Waals surface area (Å²) in [6.45, 7) is 2.02. The number of aryl methyl sites for hydroxylation is 1. The molecule has 4 rings (SSSR count). The molecular weight excluding hydrogens is 405 g/mol. The Bertz CT molecular complexity index is 1040. The van der Waals surface area contributed by atoms with Crippen molar-refractivity contribution in [1.29, 1.82) is 5.26 Å². The quantitative estimate of drug-likeness (QED) is 0.449. The smallest absolute Gasteiger partial charge is 0.116 e. The lowest BCUT2D eigenvalue weighted by atomic mass is 10.1. The van der Waals surface area contributed by atoms with Crippen molar-refractivity contribution in [3.8, 4) is 6.07 Å². The van der Waals surface area contributed by atoms with Crippen LogP contribution in [0.25, 0.3) is 0 Å². The van der Waals surface area contributed by atoms with Gasteiger partial charge in [-0.15, -0.1) is 0 Å². The highest BCUT2D eigenvalue weighted by atomic mass is 35.5. The summed E-state index contributed by atoms with van der Waals surface area (Å²) < 4.78 is 0. The molecule has 0 aromatic heterocycles. The van der Waals surface area contributed by atoms with Crippen LogP contribution in [0.4, 0.5) is 0 Å². The van der Waals surface area contributed by atoms with E-state index in [1.807, 2.05) is 13.0 Å². The summed E-state index contributed by atoms with van der Waals surface area (Å²) in [4.78, 5) is 0. The van der Waals surface area contributed by atoms with Gasteiger partial charge in [0, 0.05) is 0 Å². The highest BCUT2D eigenvalue weighted by Crippen LogP contribution is 2.58. The molecule has 0 fully saturated rings. The van der Waals surface area contributed by atoms with Crippen LogP contribution in [0.15, 0.2) is 109 Å². The number of nitriles is 1. The summed E-state index contributed by atoms with van der Waals surface area (Å²) in [6.07, 6.45) is 0.928. The molecule has 1 nitrogen and oxygen atoms in total. The van der Waals surface area contributed by atoms with E-state index in [4.69, 9.17) is 0 Å². The van der Waals surface area contributed by atoms with Crippen molar-refractivity contribution in [1.82, 2.24) is 0 Å². The Balaban J connectivity index is 0.00000256. The molecule has 148 valence electrons. The van der Waals surface area contributed by atoms with E-state index in [1.165, 1.54) is 21.5 Å². The molecule has 4 aromatic rings. The minimum absolute atomic E-state index is 0. The molecule has 0 bridgehead atoms. The van der Waals surface area contributed by atoms with E-state index in [9.17, 15) is 5.26 Å². The van der Waals surface area contributed by atoms with Crippen molar-refractivity contribution in [3.05, 3.63) is 126 Å². The highest BCUT2D eigenvalue weighted by Gasteiger charge is 2.45. The van der Waals surface area contributed by atoms with Crippen LogP contribution in [0.2, 0.25) is 0 Å². The summed E-state index contributed by atoms with van der Waals surface area (Å²) in [7, 11) is -1.90. The molecule has 4 aromatic carbocycles. The minimum Gasteiger partial charge on any atom is -1.00 e. The zero-order valence-corrected chi connectivity index (χ0v) is 18.5. The second-order valence-electron chi connectivity index (χ2n) is 7.24. The SMILES string of the molecule is Cc1cc(C[P+](c2ccccc2)(c2ccccc2)c2ccccc2)ccc1C#N.[Cl-]. The summed E-state index contributed by atoms with van der Waals surface area (Å²) in [6, 6.07) is 41.2. The van der Waals surface area contributed by atoms with Crippen molar-refractivity contribution in [2.24, 2.45) is 0 Å². The van der Waals surface area contributed by atoms with Crippen LogP contribution < -0.4 is 28.3 Å². The van der Waals surface area contributed by atoms with Gasteiger partial charge in [-0.2, -0.15) is 5.26 Å². The number of hydrogen-bond acceptors (Lipinski definition) is 1. The van der Waals surface area contributed by atoms with E-state index in [2.05, 4.69) is 109 Å². The molecule has 0 aliphatic rings. The van der Waals surface area contributed by atoms with Crippen molar-refractivity contribution >= 4 is 23.2 Å². The second-order valence-corrected chi connectivity index (χ2v) is 10.7. The van der Waals surface area contributed by atoms with Crippen LogP contribution in [0.5, 0.6) is 0 Å². The van der Waals surface area contributed by atoms with Gasteiger partial charge in [-0.05, 0) is 60.5 Å². The van der Waals surface area contributed by atoms with E-state index in [0.717, 1.165) is 17.3 Å². The second kappa shape index (κ2) is 9.73. The fourth-order valence-electron chi connectivity index (χ4n) is 3.99. The lowest BCUT2D eigenvalue weighted by Crippen LogP contribution is -3.00. The molecule has 0 saturated carbocycles.